The Bertz CT molecular complexity index is 1730. The van der Waals surface area contributed by atoms with E-state index in [0.29, 0.717) is 16.7 Å². The summed E-state index contributed by atoms with van der Waals surface area (Å²) >= 11 is 0. The molecule has 1 N–H and O–H groups in total. The van der Waals surface area contributed by atoms with Crippen LogP contribution >= 0.6 is 0 Å². The molecule has 5 rings (SSSR count). The molecule has 3 aromatic carbocycles. The third-order valence-corrected chi connectivity index (χ3v) is 7.43. The van der Waals surface area contributed by atoms with Crippen molar-refractivity contribution in [2.75, 3.05) is 5.32 Å². The molecule has 0 aliphatic carbocycles. The summed E-state index contributed by atoms with van der Waals surface area (Å²) < 4.78 is 29.4. The monoisotopic (exact) mass is 494 g/mol. The molecule has 0 radical (unpaired) electrons. The Labute approximate surface area is 208 Å². The Hall–Kier alpha value is -4.56. The number of aromatic nitrogens is 3. The predicted molar refractivity (Wildman–Crippen MR) is 141 cm³/mol. The Balaban J connectivity index is 1.74. The summed E-state index contributed by atoms with van der Waals surface area (Å²) in [6, 6.07) is 24.6. The molecule has 0 saturated heterocycles. The number of nitrogens with zero attached hydrogens (tertiary/aromatic N) is 3. The summed E-state index contributed by atoms with van der Waals surface area (Å²) in [5.41, 5.74) is 2.52. The smallest absolute Gasteiger partial charge is 0.249 e. The van der Waals surface area contributed by atoms with Crippen molar-refractivity contribution in [2.45, 2.75) is 16.3 Å². The second-order valence-corrected chi connectivity index (χ2v) is 9.90. The zero-order chi connectivity index (χ0) is 25.1. The van der Waals surface area contributed by atoms with E-state index >= 15 is 0 Å². The van der Waals surface area contributed by atoms with E-state index in [2.05, 4.69) is 16.9 Å². The second kappa shape index (κ2) is 9.59. The number of hydrogen-bond donors (Lipinski definition) is 1. The van der Waals surface area contributed by atoms with E-state index in [-0.39, 0.29) is 27.7 Å². The van der Waals surface area contributed by atoms with Gasteiger partial charge in [-0.15, -0.1) is 6.58 Å². The van der Waals surface area contributed by atoms with Crippen LogP contribution in [0.25, 0.3) is 28.3 Å². The minimum atomic E-state index is -4.07. The van der Waals surface area contributed by atoms with Crippen LogP contribution in [0.15, 0.2) is 113 Å². The first-order valence-electron chi connectivity index (χ1n) is 11.2. The van der Waals surface area contributed by atoms with Crippen molar-refractivity contribution >= 4 is 49.8 Å². The first-order valence-corrected chi connectivity index (χ1v) is 12.7. The summed E-state index contributed by atoms with van der Waals surface area (Å²) in [7, 11) is -4.07. The molecule has 1 amide bonds. The lowest BCUT2D eigenvalue weighted by Gasteiger charge is -2.11. The van der Waals surface area contributed by atoms with Gasteiger partial charge in [0.2, 0.25) is 15.7 Å². The van der Waals surface area contributed by atoms with Gasteiger partial charge in [-0.2, -0.15) is 0 Å². The largest absolute Gasteiger partial charge is 0.307 e. The van der Waals surface area contributed by atoms with Crippen molar-refractivity contribution in [2.24, 2.45) is 0 Å². The highest BCUT2D eigenvalue weighted by Gasteiger charge is 2.31. The average Bonchev–Trinajstić information content (AvgIpc) is 3.19. The maximum absolute atomic E-state index is 13.9. The Kier molecular flexibility index (Phi) is 6.18. The van der Waals surface area contributed by atoms with Gasteiger partial charge >= 0.3 is 0 Å². The van der Waals surface area contributed by atoms with E-state index in [1.54, 1.807) is 47.1 Å². The fourth-order valence-corrected chi connectivity index (χ4v) is 5.53. The van der Waals surface area contributed by atoms with Crippen molar-refractivity contribution in [3.8, 4) is 0 Å². The average molecular weight is 495 g/mol. The SMILES string of the molecule is C=CCn1c(NC(=O)C=Cc2ccccc2)c(S(=O)(=O)c2ccccc2)c2nc3ccccc3nc21. The summed E-state index contributed by atoms with van der Waals surface area (Å²) in [4.78, 5) is 22.4. The van der Waals surface area contributed by atoms with Gasteiger partial charge in [0.05, 0.1) is 15.9 Å². The van der Waals surface area contributed by atoms with Crippen molar-refractivity contribution in [3.05, 3.63) is 109 Å². The van der Waals surface area contributed by atoms with Gasteiger partial charge in [-0.25, -0.2) is 18.4 Å². The molecule has 0 saturated carbocycles. The molecular weight excluding hydrogens is 472 g/mol. The van der Waals surface area contributed by atoms with Gasteiger partial charge in [-0.05, 0) is 35.9 Å². The highest BCUT2D eigenvalue weighted by Crippen LogP contribution is 2.37. The first kappa shape index (κ1) is 23.2. The summed E-state index contributed by atoms with van der Waals surface area (Å²) in [5.74, 6) is -0.396. The van der Waals surface area contributed by atoms with Crippen LogP contribution < -0.4 is 5.32 Å². The molecule has 2 aromatic heterocycles. The molecule has 0 fully saturated rings. The molecule has 0 bridgehead atoms. The summed E-state index contributed by atoms with van der Waals surface area (Å²) in [6.45, 7) is 4.02. The standard InChI is InChI=1S/C28H22N4O3S/c1-2-19-32-27-25(29-22-15-9-10-16-23(22)30-27)26(36(34,35)21-13-7-4-8-14-21)28(32)31-24(33)18-17-20-11-5-3-6-12-20/h2-18H,1,19H2,(H,31,33). The van der Waals surface area contributed by atoms with Crippen molar-refractivity contribution in [1.29, 1.82) is 0 Å². The molecule has 0 spiro atoms. The number of sulfone groups is 1. The second-order valence-electron chi connectivity index (χ2n) is 8.01. The van der Waals surface area contributed by atoms with E-state index in [9.17, 15) is 13.2 Å². The predicted octanol–water partition coefficient (Wildman–Crippen LogP) is 5.26. The summed E-state index contributed by atoms with van der Waals surface area (Å²) in [5, 5.41) is 2.78. The van der Waals surface area contributed by atoms with Crippen LogP contribution in [-0.2, 0) is 21.2 Å². The van der Waals surface area contributed by atoms with Crippen molar-refractivity contribution in [1.82, 2.24) is 14.5 Å². The number of fused-ring (bicyclic) bond motifs is 2. The lowest BCUT2D eigenvalue weighted by molar-refractivity contribution is -0.111. The van der Waals surface area contributed by atoms with E-state index in [0.717, 1.165) is 5.56 Å². The molecule has 5 aromatic rings. The number of carbonyl (C=O) groups excluding carboxylic acids is 1. The van der Waals surface area contributed by atoms with E-state index in [1.165, 1.54) is 18.2 Å². The zero-order valence-corrected chi connectivity index (χ0v) is 20.0. The van der Waals surface area contributed by atoms with Crippen LogP contribution in [0.3, 0.4) is 0 Å². The fraction of sp³-hybridized carbons (Fsp3) is 0.0357. The van der Waals surface area contributed by atoms with Gasteiger partial charge in [0.15, 0.2) is 5.65 Å². The quantitative estimate of drug-likeness (QED) is 0.246. The molecule has 0 aliphatic heterocycles. The van der Waals surface area contributed by atoms with Gasteiger partial charge in [0.1, 0.15) is 16.2 Å². The number of carbonyl (C=O) groups is 1. The number of rotatable bonds is 7. The van der Waals surface area contributed by atoms with Crippen LogP contribution in [0.5, 0.6) is 0 Å². The van der Waals surface area contributed by atoms with Crippen LogP contribution in [0.1, 0.15) is 5.56 Å². The minimum Gasteiger partial charge on any atom is -0.307 e. The maximum atomic E-state index is 13.9. The van der Waals surface area contributed by atoms with E-state index in [4.69, 9.17) is 4.98 Å². The number of hydrogen-bond acceptors (Lipinski definition) is 5. The maximum Gasteiger partial charge on any atom is 0.249 e. The highest BCUT2D eigenvalue weighted by molar-refractivity contribution is 7.92. The van der Waals surface area contributed by atoms with Gasteiger partial charge in [0.25, 0.3) is 0 Å². The molecule has 178 valence electrons. The zero-order valence-electron chi connectivity index (χ0n) is 19.2. The molecule has 8 heteroatoms. The van der Waals surface area contributed by atoms with Crippen LogP contribution in [0.4, 0.5) is 5.82 Å². The fourth-order valence-electron chi connectivity index (χ4n) is 3.97. The normalized spacial score (nSPS) is 11.8. The van der Waals surface area contributed by atoms with E-state index in [1.807, 2.05) is 42.5 Å². The van der Waals surface area contributed by atoms with Gasteiger partial charge in [-0.1, -0.05) is 66.7 Å². The molecule has 2 heterocycles. The van der Waals surface area contributed by atoms with Crippen LogP contribution in [0.2, 0.25) is 0 Å². The van der Waals surface area contributed by atoms with Gasteiger partial charge in [-0.3, -0.25) is 4.79 Å². The third-order valence-electron chi connectivity index (χ3n) is 5.61. The molecule has 0 aliphatic rings. The molecule has 7 nitrogen and oxygen atoms in total. The van der Waals surface area contributed by atoms with E-state index < -0.39 is 15.7 Å². The Morgan fingerprint density at radius 2 is 1.50 bits per heavy atom. The number of nitrogens with one attached hydrogen (secondary N) is 1. The number of amides is 1. The van der Waals surface area contributed by atoms with Gasteiger partial charge < -0.3 is 9.88 Å². The molecule has 0 unspecified atom stereocenters. The van der Waals surface area contributed by atoms with Crippen molar-refractivity contribution in [3.63, 3.8) is 0 Å². The summed E-state index contributed by atoms with van der Waals surface area (Å²) in [6.07, 6.45) is 4.64. The topological polar surface area (TPSA) is 94.0 Å². The number of para-hydroxylation sites is 2. The van der Waals surface area contributed by atoms with Crippen LogP contribution in [-0.4, -0.2) is 28.9 Å². The van der Waals surface area contributed by atoms with Crippen molar-refractivity contribution < 1.29 is 13.2 Å². The third kappa shape index (κ3) is 4.30. The molecule has 36 heavy (non-hydrogen) atoms. The Morgan fingerprint density at radius 3 is 2.17 bits per heavy atom. The number of benzene rings is 3. The number of allylic oxidation sites excluding steroid dienone is 1. The van der Waals surface area contributed by atoms with Crippen LogP contribution in [0, 0.1) is 0 Å². The first-order chi connectivity index (χ1) is 17.5. The lowest BCUT2D eigenvalue weighted by Crippen LogP contribution is -2.15. The molecule has 0 atom stereocenters. The minimum absolute atomic E-state index is 0.0896. The molecular formula is C28H22N4O3S. The highest BCUT2D eigenvalue weighted by atomic mass is 32.2. The number of anilines is 1. The van der Waals surface area contributed by atoms with Gasteiger partial charge in [0, 0.05) is 12.6 Å². The Morgan fingerprint density at radius 1 is 0.889 bits per heavy atom. The lowest BCUT2D eigenvalue weighted by atomic mass is 10.2.